The summed E-state index contributed by atoms with van der Waals surface area (Å²) < 4.78 is 41.1. The van der Waals surface area contributed by atoms with E-state index in [1.807, 2.05) is 19.9 Å². The summed E-state index contributed by atoms with van der Waals surface area (Å²) in [7, 11) is 0. The van der Waals surface area contributed by atoms with E-state index in [1.54, 1.807) is 25.1 Å². The lowest BCUT2D eigenvalue weighted by Crippen LogP contribution is -2.44. The molecule has 1 atom stereocenters. The number of anilines is 1. The fourth-order valence-corrected chi connectivity index (χ4v) is 2.69. The lowest BCUT2D eigenvalue weighted by molar-refractivity contribution is -0.154. The Kier molecular flexibility index (Phi) is 7.79. The van der Waals surface area contributed by atoms with Gasteiger partial charge in [-0.1, -0.05) is 32.0 Å². The van der Waals surface area contributed by atoms with Crippen LogP contribution in [0.1, 0.15) is 36.2 Å². The molecule has 0 spiro atoms. The molecular weight excluding hydrogens is 399 g/mol. The predicted molar refractivity (Wildman–Crippen MR) is 106 cm³/mol. The molecule has 0 saturated carbocycles. The average molecular weight is 423 g/mol. The first-order valence-corrected chi connectivity index (χ1v) is 9.38. The number of hydrogen-bond acceptors (Lipinski definition) is 4. The maximum absolute atomic E-state index is 12.7. The van der Waals surface area contributed by atoms with Gasteiger partial charge in [0, 0.05) is 11.6 Å². The molecule has 2 N–H and O–H groups in total. The first kappa shape index (κ1) is 23.2. The van der Waals surface area contributed by atoms with Gasteiger partial charge in [-0.15, -0.1) is 0 Å². The molecule has 2 amide bonds. The molecule has 1 heterocycles. The quantitative estimate of drug-likeness (QED) is 0.670. The van der Waals surface area contributed by atoms with Crippen molar-refractivity contribution in [3.8, 4) is 5.88 Å². The minimum absolute atomic E-state index is 0.134. The van der Waals surface area contributed by atoms with Crippen molar-refractivity contribution in [1.82, 2.24) is 10.3 Å². The Labute approximate surface area is 172 Å². The van der Waals surface area contributed by atoms with Crippen molar-refractivity contribution in [1.29, 1.82) is 0 Å². The van der Waals surface area contributed by atoms with Crippen molar-refractivity contribution in [2.75, 3.05) is 11.9 Å². The van der Waals surface area contributed by atoms with Crippen LogP contribution < -0.4 is 15.4 Å². The van der Waals surface area contributed by atoms with Crippen LogP contribution in [0.5, 0.6) is 5.88 Å². The van der Waals surface area contributed by atoms with Crippen LogP contribution in [0.4, 0.5) is 18.9 Å². The highest BCUT2D eigenvalue weighted by atomic mass is 19.4. The Morgan fingerprint density at radius 1 is 1.13 bits per heavy atom. The molecule has 30 heavy (non-hydrogen) atoms. The van der Waals surface area contributed by atoms with Gasteiger partial charge >= 0.3 is 6.18 Å². The number of benzene rings is 1. The number of alkyl halides is 3. The lowest BCUT2D eigenvalue weighted by atomic mass is 10.0. The third-order valence-corrected chi connectivity index (χ3v) is 4.11. The molecule has 9 heteroatoms. The van der Waals surface area contributed by atoms with Gasteiger partial charge in [-0.05, 0) is 37.0 Å². The molecule has 0 bridgehead atoms. The summed E-state index contributed by atoms with van der Waals surface area (Å²) in [6.07, 6.45) is -2.86. The monoisotopic (exact) mass is 423 g/mol. The largest absolute Gasteiger partial charge is 0.468 e. The summed E-state index contributed by atoms with van der Waals surface area (Å²) in [6.45, 7) is 4.21. The standard InChI is InChI=1S/C21H24F3N3O3/c1-13(2)10-17(27-19(28)16-7-5-4-6-14(16)3)20(29)26-15-8-9-18(25-11-15)30-12-21(22,23)24/h4-9,11,13,17H,10,12H2,1-3H3,(H,26,29)(H,27,28). The number of nitrogens with zero attached hydrogens (tertiary/aromatic N) is 1. The number of aromatic nitrogens is 1. The first-order valence-electron chi connectivity index (χ1n) is 9.38. The van der Waals surface area contributed by atoms with Gasteiger partial charge in [-0.3, -0.25) is 9.59 Å². The van der Waals surface area contributed by atoms with E-state index in [4.69, 9.17) is 0 Å². The Hall–Kier alpha value is -3.10. The predicted octanol–water partition coefficient (Wildman–Crippen LogP) is 4.11. The van der Waals surface area contributed by atoms with Gasteiger partial charge in [-0.25, -0.2) is 4.98 Å². The van der Waals surface area contributed by atoms with E-state index < -0.39 is 24.7 Å². The number of pyridine rings is 1. The normalized spacial score (nSPS) is 12.4. The van der Waals surface area contributed by atoms with Crippen molar-refractivity contribution in [3.05, 3.63) is 53.7 Å². The second kappa shape index (κ2) is 10.1. The number of carbonyl (C=O) groups excluding carboxylic acids is 2. The Balaban J connectivity index is 2.04. The zero-order chi connectivity index (χ0) is 22.3. The fraction of sp³-hybridized carbons (Fsp3) is 0.381. The number of halogens is 3. The third-order valence-electron chi connectivity index (χ3n) is 4.11. The van der Waals surface area contributed by atoms with Crippen molar-refractivity contribution in [2.45, 2.75) is 39.4 Å². The molecule has 0 aliphatic rings. The van der Waals surface area contributed by atoms with Gasteiger partial charge in [0.2, 0.25) is 11.8 Å². The number of ether oxygens (including phenoxy) is 1. The van der Waals surface area contributed by atoms with Gasteiger partial charge in [0.25, 0.3) is 5.91 Å². The highest BCUT2D eigenvalue weighted by Crippen LogP contribution is 2.18. The Bertz CT molecular complexity index is 868. The summed E-state index contributed by atoms with van der Waals surface area (Å²) >= 11 is 0. The van der Waals surface area contributed by atoms with Crippen LogP contribution in [-0.4, -0.2) is 35.6 Å². The topological polar surface area (TPSA) is 80.3 Å². The van der Waals surface area contributed by atoms with Gasteiger partial charge in [0.1, 0.15) is 6.04 Å². The van der Waals surface area contributed by atoms with Crippen LogP contribution in [-0.2, 0) is 4.79 Å². The minimum Gasteiger partial charge on any atom is -0.468 e. The summed E-state index contributed by atoms with van der Waals surface area (Å²) in [5.74, 6) is -0.884. The zero-order valence-corrected chi connectivity index (χ0v) is 16.9. The van der Waals surface area contributed by atoms with Crippen LogP contribution in [0.25, 0.3) is 0 Å². The number of nitrogens with one attached hydrogen (secondary N) is 2. The average Bonchev–Trinajstić information content (AvgIpc) is 2.66. The van der Waals surface area contributed by atoms with Crippen LogP contribution in [0.3, 0.4) is 0 Å². The van der Waals surface area contributed by atoms with Crippen LogP contribution >= 0.6 is 0 Å². The third kappa shape index (κ3) is 7.38. The maximum atomic E-state index is 12.7. The molecule has 1 unspecified atom stereocenters. The van der Waals surface area contributed by atoms with Crippen LogP contribution in [0, 0.1) is 12.8 Å². The molecule has 1 aromatic heterocycles. The van der Waals surface area contributed by atoms with E-state index in [0.29, 0.717) is 12.0 Å². The second-order valence-corrected chi connectivity index (χ2v) is 7.25. The molecule has 162 valence electrons. The van der Waals surface area contributed by atoms with Gasteiger partial charge < -0.3 is 15.4 Å². The van der Waals surface area contributed by atoms with Crippen molar-refractivity contribution in [3.63, 3.8) is 0 Å². The number of carbonyl (C=O) groups is 2. The van der Waals surface area contributed by atoms with Crippen molar-refractivity contribution in [2.24, 2.45) is 5.92 Å². The van der Waals surface area contributed by atoms with Crippen LogP contribution in [0.15, 0.2) is 42.6 Å². The summed E-state index contributed by atoms with van der Waals surface area (Å²) in [4.78, 5) is 29.1. The second-order valence-electron chi connectivity index (χ2n) is 7.25. The fourth-order valence-electron chi connectivity index (χ4n) is 2.69. The SMILES string of the molecule is Cc1ccccc1C(=O)NC(CC(C)C)C(=O)Nc1ccc(OCC(F)(F)F)nc1. The molecule has 0 aliphatic heterocycles. The van der Waals surface area contributed by atoms with Gasteiger partial charge in [0.15, 0.2) is 6.61 Å². The summed E-state index contributed by atoms with van der Waals surface area (Å²) in [6, 6.07) is 8.86. The first-order chi connectivity index (χ1) is 14.0. The highest BCUT2D eigenvalue weighted by Gasteiger charge is 2.28. The van der Waals surface area contributed by atoms with E-state index in [-0.39, 0.29) is 23.4 Å². The van der Waals surface area contributed by atoms with E-state index >= 15 is 0 Å². The van der Waals surface area contributed by atoms with Crippen LogP contribution in [0.2, 0.25) is 0 Å². The molecule has 0 radical (unpaired) electrons. The number of aryl methyl sites for hydroxylation is 1. The molecule has 0 saturated heterocycles. The van der Waals surface area contributed by atoms with E-state index in [9.17, 15) is 22.8 Å². The molecule has 0 fully saturated rings. The molecule has 1 aromatic carbocycles. The van der Waals surface area contributed by atoms with E-state index in [0.717, 1.165) is 5.56 Å². The lowest BCUT2D eigenvalue weighted by Gasteiger charge is -2.20. The molecule has 0 aliphatic carbocycles. The maximum Gasteiger partial charge on any atom is 0.422 e. The van der Waals surface area contributed by atoms with Gasteiger partial charge in [0.05, 0.1) is 11.9 Å². The summed E-state index contributed by atoms with van der Waals surface area (Å²) in [5.41, 5.74) is 1.54. The Morgan fingerprint density at radius 2 is 1.83 bits per heavy atom. The minimum atomic E-state index is -4.46. The molecule has 6 nitrogen and oxygen atoms in total. The van der Waals surface area contributed by atoms with E-state index in [2.05, 4.69) is 20.4 Å². The molecule has 2 rings (SSSR count). The summed E-state index contributed by atoms with van der Waals surface area (Å²) in [5, 5.41) is 5.38. The number of amides is 2. The number of rotatable bonds is 8. The Morgan fingerprint density at radius 3 is 2.40 bits per heavy atom. The molecular formula is C21H24F3N3O3. The van der Waals surface area contributed by atoms with Gasteiger partial charge in [-0.2, -0.15) is 13.2 Å². The molecule has 2 aromatic rings. The highest BCUT2D eigenvalue weighted by molar-refractivity contribution is 6.01. The smallest absolute Gasteiger partial charge is 0.422 e. The number of hydrogen-bond donors (Lipinski definition) is 2. The van der Waals surface area contributed by atoms with E-state index in [1.165, 1.54) is 18.3 Å². The van der Waals surface area contributed by atoms with Crippen molar-refractivity contribution >= 4 is 17.5 Å². The zero-order valence-electron chi connectivity index (χ0n) is 16.9. The van der Waals surface area contributed by atoms with Crippen molar-refractivity contribution < 1.29 is 27.5 Å².